The van der Waals surface area contributed by atoms with E-state index in [2.05, 4.69) is 45.6 Å². The highest BCUT2D eigenvalue weighted by Gasteiger charge is 2.15. The Balaban J connectivity index is 0.00000361. The Labute approximate surface area is 216 Å². The van der Waals surface area contributed by atoms with Gasteiger partial charge in [0.25, 0.3) is 5.89 Å². The summed E-state index contributed by atoms with van der Waals surface area (Å²) in [4.78, 5) is 19.7. The molecule has 9 heteroatoms. The quantitative estimate of drug-likeness (QED) is 0.254. The number of carboxylic acids is 1. The summed E-state index contributed by atoms with van der Waals surface area (Å²) in [6.45, 7) is 5.02. The number of anilines is 1. The van der Waals surface area contributed by atoms with Crippen LogP contribution in [0.15, 0.2) is 59.3 Å². The van der Waals surface area contributed by atoms with Gasteiger partial charge in [-0.25, -0.2) is 4.98 Å². The van der Waals surface area contributed by atoms with Crippen LogP contribution in [0.25, 0.3) is 34.0 Å². The minimum atomic E-state index is -0.807. The zero-order chi connectivity index (χ0) is 24.8. The molecule has 0 bridgehead atoms. The van der Waals surface area contributed by atoms with Crippen molar-refractivity contribution in [3.8, 4) is 34.0 Å². The van der Waals surface area contributed by atoms with Crippen molar-refractivity contribution in [3.63, 3.8) is 0 Å². The van der Waals surface area contributed by atoms with E-state index in [1.807, 2.05) is 37.3 Å². The highest BCUT2D eigenvalue weighted by atomic mass is 35.5. The molecule has 0 atom stereocenters. The van der Waals surface area contributed by atoms with Crippen LogP contribution in [-0.2, 0) is 16.1 Å². The molecular weight excluding hydrogens is 480 g/mol. The fourth-order valence-electron chi connectivity index (χ4n) is 3.93. The van der Waals surface area contributed by atoms with E-state index in [0.717, 1.165) is 33.4 Å². The molecule has 0 aliphatic carbocycles. The summed E-state index contributed by atoms with van der Waals surface area (Å²) in [5.41, 5.74) is 6.97. The maximum absolute atomic E-state index is 10.7. The summed E-state index contributed by atoms with van der Waals surface area (Å²) in [5.74, 6) is 0.768. The maximum atomic E-state index is 10.7. The van der Waals surface area contributed by atoms with Gasteiger partial charge in [0.15, 0.2) is 0 Å². The Morgan fingerprint density at radius 3 is 2.58 bits per heavy atom. The zero-order valence-electron chi connectivity index (χ0n) is 20.4. The molecule has 0 aliphatic heterocycles. The smallest absolute Gasteiger partial charge is 0.303 e. The lowest BCUT2D eigenvalue weighted by Gasteiger charge is -2.12. The fourth-order valence-corrected chi connectivity index (χ4v) is 3.93. The Morgan fingerprint density at radius 2 is 1.86 bits per heavy atom. The highest BCUT2D eigenvalue weighted by molar-refractivity contribution is 5.85. The van der Waals surface area contributed by atoms with Crippen LogP contribution in [0.4, 0.5) is 5.82 Å². The van der Waals surface area contributed by atoms with Crippen LogP contribution >= 0.6 is 12.4 Å². The van der Waals surface area contributed by atoms with E-state index in [-0.39, 0.29) is 18.8 Å². The summed E-state index contributed by atoms with van der Waals surface area (Å²) >= 11 is 0. The average molecular weight is 509 g/mol. The maximum Gasteiger partial charge on any atom is 0.303 e. The number of methoxy groups -OCH3 is 1. The molecule has 4 rings (SSSR count). The monoisotopic (exact) mass is 508 g/mol. The predicted octanol–water partition coefficient (Wildman–Crippen LogP) is 5.93. The van der Waals surface area contributed by atoms with Gasteiger partial charge in [0, 0.05) is 37.4 Å². The van der Waals surface area contributed by atoms with Gasteiger partial charge in [0.1, 0.15) is 5.82 Å². The van der Waals surface area contributed by atoms with Gasteiger partial charge in [-0.15, -0.1) is 12.4 Å². The van der Waals surface area contributed by atoms with Crippen molar-refractivity contribution in [1.29, 1.82) is 0 Å². The van der Waals surface area contributed by atoms with Crippen molar-refractivity contribution in [3.05, 3.63) is 71.4 Å². The molecule has 0 radical (unpaired) electrons. The van der Waals surface area contributed by atoms with Crippen LogP contribution < -0.4 is 5.32 Å². The molecule has 2 heterocycles. The van der Waals surface area contributed by atoms with E-state index in [1.54, 1.807) is 13.3 Å². The van der Waals surface area contributed by atoms with Crippen LogP contribution in [0.5, 0.6) is 0 Å². The Morgan fingerprint density at radius 1 is 1.06 bits per heavy atom. The van der Waals surface area contributed by atoms with Crippen molar-refractivity contribution < 1.29 is 19.2 Å². The molecule has 4 aromatic rings. The molecule has 2 N–H and O–H groups in total. The van der Waals surface area contributed by atoms with Gasteiger partial charge in [0.2, 0.25) is 5.82 Å². The Bertz CT molecular complexity index is 1340. The summed E-state index contributed by atoms with van der Waals surface area (Å²) in [6, 6.07) is 16.3. The first-order valence-electron chi connectivity index (χ1n) is 11.4. The number of hydrogen-bond acceptors (Lipinski definition) is 7. The summed E-state index contributed by atoms with van der Waals surface area (Å²) < 4.78 is 11.0. The minimum Gasteiger partial charge on any atom is -0.481 e. The first-order chi connectivity index (χ1) is 17.0. The Kier molecular flexibility index (Phi) is 9.16. The standard InChI is InChI=1S/C27H28N4O4.ClH/c1-17-7-4-5-8-22(17)23-11-10-19(14-21(23)16-34-3)27-30-26(31-35-27)20-13-18(2)25(29-15-20)28-12-6-9-24(32)33;/h4-5,7-8,10-11,13-15H,6,9,12,16H2,1-3H3,(H,28,29)(H,32,33);1H. The topological polar surface area (TPSA) is 110 Å². The SMILES string of the molecule is COCc1cc(-c2nc(-c3cnc(NCCCC(=O)O)c(C)c3)no2)ccc1-c1ccccc1C.Cl. The normalized spacial score (nSPS) is 10.6. The molecule has 0 unspecified atom stereocenters. The van der Waals surface area contributed by atoms with Crippen molar-refractivity contribution in [1.82, 2.24) is 15.1 Å². The van der Waals surface area contributed by atoms with Crippen molar-refractivity contribution in [2.45, 2.75) is 33.3 Å². The first-order valence-corrected chi connectivity index (χ1v) is 11.4. The van der Waals surface area contributed by atoms with Gasteiger partial charge in [-0.2, -0.15) is 4.98 Å². The van der Waals surface area contributed by atoms with Gasteiger partial charge < -0.3 is 19.7 Å². The van der Waals surface area contributed by atoms with E-state index >= 15 is 0 Å². The fraction of sp³-hybridized carbons (Fsp3) is 0.259. The molecule has 8 nitrogen and oxygen atoms in total. The van der Waals surface area contributed by atoms with Crippen LogP contribution in [0.1, 0.15) is 29.5 Å². The number of nitrogens with one attached hydrogen (secondary N) is 1. The van der Waals surface area contributed by atoms with E-state index in [9.17, 15) is 4.79 Å². The molecule has 36 heavy (non-hydrogen) atoms. The minimum absolute atomic E-state index is 0. The van der Waals surface area contributed by atoms with E-state index in [0.29, 0.717) is 37.1 Å². The lowest BCUT2D eigenvalue weighted by atomic mass is 9.94. The van der Waals surface area contributed by atoms with Crippen molar-refractivity contribution >= 4 is 24.2 Å². The van der Waals surface area contributed by atoms with Gasteiger partial charge in [-0.1, -0.05) is 35.5 Å². The van der Waals surface area contributed by atoms with Gasteiger partial charge in [0.05, 0.1) is 6.61 Å². The van der Waals surface area contributed by atoms with E-state index in [4.69, 9.17) is 14.4 Å². The number of carbonyl (C=O) groups is 1. The van der Waals surface area contributed by atoms with Crippen molar-refractivity contribution in [2.75, 3.05) is 19.0 Å². The molecule has 0 saturated heterocycles. The number of carboxylic acid groups (broad SMARTS) is 1. The molecule has 188 valence electrons. The van der Waals surface area contributed by atoms with Crippen LogP contribution in [0, 0.1) is 13.8 Å². The second-order valence-corrected chi connectivity index (χ2v) is 8.36. The molecule has 0 saturated carbocycles. The summed E-state index contributed by atoms with van der Waals surface area (Å²) in [6.07, 6.45) is 2.33. The van der Waals surface area contributed by atoms with Gasteiger partial charge >= 0.3 is 5.97 Å². The molecule has 2 aromatic carbocycles. The number of ether oxygens (including phenoxy) is 1. The lowest BCUT2D eigenvalue weighted by Crippen LogP contribution is -2.07. The number of aromatic nitrogens is 3. The molecule has 0 aliphatic rings. The van der Waals surface area contributed by atoms with E-state index < -0.39 is 5.97 Å². The number of benzene rings is 2. The average Bonchev–Trinajstić information content (AvgIpc) is 3.34. The number of aryl methyl sites for hydroxylation is 2. The second kappa shape index (κ2) is 12.3. The number of nitrogens with zero attached hydrogens (tertiary/aromatic N) is 3. The largest absolute Gasteiger partial charge is 0.481 e. The van der Waals surface area contributed by atoms with Crippen LogP contribution in [-0.4, -0.2) is 39.9 Å². The highest BCUT2D eigenvalue weighted by Crippen LogP contribution is 2.32. The van der Waals surface area contributed by atoms with Crippen LogP contribution in [0.3, 0.4) is 0 Å². The predicted molar refractivity (Wildman–Crippen MR) is 141 cm³/mol. The number of halogens is 1. The molecule has 0 spiro atoms. The van der Waals surface area contributed by atoms with Gasteiger partial charge in [-0.05, 0) is 66.3 Å². The third-order valence-corrected chi connectivity index (χ3v) is 5.71. The third-order valence-electron chi connectivity index (χ3n) is 5.71. The van der Waals surface area contributed by atoms with Crippen molar-refractivity contribution in [2.24, 2.45) is 0 Å². The number of hydrogen-bond donors (Lipinski definition) is 2. The lowest BCUT2D eigenvalue weighted by molar-refractivity contribution is -0.137. The Hall–Kier alpha value is -3.75. The number of aliphatic carboxylic acids is 1. The number of pyridine rings is 1. The van der Waals surface area contributed by atoms with Gasteiger partial charge in [-0.3, -0.25) is 4.79 Å². The molecule has 0 fully saturated rings. The molecule has 0 amide bonds. The third kappa shape index (κ3) is 6.27. The molecule has 2 aromatic heterocycles. The first kappa shape index (κ1) is 26.8. The zero-order valence-corrected chi connectivity index (χ0v) is 21.3. The van der Waals surface area contributed by atoms with Crippen LogP contribution in [0.2, 0.25) is 0 Å². The molecular formula is C27H29ClN4O4. The summed E-state index contributed by atoms with van der Waals surface area (Å²) in [5, 5.41) is 16.1. The summed E-state index contributed by atoms with van der Waals surface area (Å²) in [7, 11) is 1.68. The van der Waals surface area contributed by atoms with E-state index in [1.165, 1.54) is 5.56 Å². The number of rotatable bonds is 10. The second-order valence-electron chi connectivity index (χ2n) is 8.36.